The molecule has 27 heavy (non-hydrogen) atoms. The van der Waals surface area contributed by atoms with E-state index in [4.69, 9.17) is 21.1 Å². The van der Waals surface area contributed by atoms with E-state index in [1.807, 2.05) is 19.2 Å². The number of carbonyl (C=O) groups is 5. The van der Waals surface area contributed by atoms with Gasteiger partial charge in [-0.25, -0.2) is 4.79 Å². The van der Waals surface area contributed by atoms with E-state index in [1.165, 1.54) is 0 Å². The van der Waals surface area contributed by atoms with E-state index in [9.17, 15) is 24.0 Å². The molecule has 0 aliphatic carbocycles. The topological polar surface area (TPSA) is 208 Å². The van der Waals surface area contributed by atoms with Gasteiger partial charge in [0.25, 0.3) is 0 Å². The van der Waals surface area contributed by atoms with E-state index >= 15 is 0 Å². The first kappa shape index (κ1) is 24.3. The summed E-state index contributed by atoms with van der Waals surface area (Å²) < 4.78 is 0. The van der Waals surface area contributed by atoms with Gasteiger partial charge in [0.15, 0.2) is 0 Å². The number of aliphatic carboxylic acids is 2. The molecule has 0 aliphatic rings. The lowest BCUT2D eigenvalue weighted by molar-refractivity contribution is -0.143. The predicted molar refractivity (Wildman–Crippen MR) is 91.3 cm³/mol. The molecule has 0 rings (SSSR count). The molecule has 12 heteroatoms. The van der Waals surface area contributed by atoms with Crippen LogP contribution in [-0.4, -0.2) is 76.3 Å². The van der Waals surface area contributed by atoms with Crippen molar-refractivity contribution >= 4 is 29.7 Å². The lowest BCUT2D eigenvalue weighted by Gasteiger charge is -2.20. The number of rotatable bonds is 12. The molecule has 8 N–H and O–H groups in total. The van der Waals surface area contributed by atoms with Gasteiger partial charge in [-0.3, -0.25) is 19.2 Å². The molecule has 0 radical (unpaired) electrons. The van der Waals surface area contributed by atoms with Crippen LogP contribution in [0.2, 0.25) is 0 Å². The first-order chi connectivity index (χ1) is 12.5. The van der Waals surface area contributed by atoms with Crippen LogP contribution in [0.15, 0.2) is 0 Å². The van der Waals surface area contributed by atoms with Crippen molar-refractivity contribution in [3.63, 3.8) is 0 Å². The van der Waals surface area contributed by atoms with Crippen LogP contribution in [0.3, 0.4) is 0 Å². The number of amides is 3. The van der Waals surface area contributed by atoms with Crippen LogP contribution in [0.25, 0.3) is 0 Å². The molecule has 0 aromatic heterocycles. The number of carbonyl (C=O) groups excluding carboxylic acids is 3. The Morgan fingerprint density at radius 1 is 0.963 bits per heavy atom. The fraction of sp³-hybridized carbons (Fsp3) is 0.667. The second kappa shape index (κ2) is 11.8. The zero-order valence-electron chi connectivity index (χ0n) is 15.1. The Hall–Kier alpha value is -2.73. The summed E-state index contributed by atoms with van der Waals surface area (Å²) in [6.45, 7) is 2.15. The van der Waals surface area contributed by atoms with Gasteiger partial charge in [-0.05, 0) is 12.3 Å². The highest BCUT2D eigenvalue weighted by molar-refractivity contribution is 5.94. The minimum atomic E-state index is -1.54. The third kappa shape index (κ3) is 10.1. The number of nitrogens with one attached hydrogen (secondary N) is 3. The quantitative estimate of drug-likeness (QED) is 0.181. The second-order valence-electron chi connectivity index (χ2n) is 6.25. The number of carboxylic acid groups (broad SMARTS) is 2. The zero-order valence-corrected chi connectivity index (χ0v) is 15.1. The van der Waals surface area contributed by atoms with Gasteiger partial charge in [-0.2, -0.15) is 0 Å². The van der Waals surface area contributed by atoms with Gasteiger partial charge >= 0.3 is 11.9 Å². The van der Waals surface area contributed by atoms with Gasteiger partial charge in [-0.1, -0.05) is 13.8 Å². The van der Waals surface area contributed by atoms with Crippen LogP contribution < -0.4 is 21.7 Å². The molecule has 0 aromatic carbocycles. The number of nitrogens with two attached hydrogens (primary N) is 1. The molecule has 3 atom stereocenters. The Morgan fingerprint density at radius 3 is 2.00 bits per heavy atom. The number of aliphatic hydroxyl groups excluding tert-OH is 1. The number of aliphatic hydroxyl groups is 1. The second-order valence-corrected chi connectivity index (χ2v) is 6.25. The standard InChI is InChI=1S/C15H26N4O8/c1-7(2)3-8(16)13(24)19-9(4-12(22)23)14(25)17-5-11(21)18-10(6-20)15(26)27/h7-10,20H,3-6,16H2,1-2H3,(H,17,25)(H,18,21)(H,19,24)(H,22,23)(H,26,27). The van der Waals surface area contributed by atoms with E-state index in [2.05, 4.69) is 10.6 Å². The van der Waals surface area contributed by atoms with Crippen molar-refractivity contribution in [1.82, 2.24) is 16.0 Å². The molecule has 0 fully saturated rings. The minimum absolute atomic E-state index is 0.106. The lowest BCUT2D eigenvalue weighted by Crippen LogP contribution is -2.54. The molecular weight excluding hydrogens is 364 g/mol. The number of hydrogen-bond donors (Lipinski definition) is 7. The third-order valence-electron chi connectivity index (χ3n) is 3.31. The number of carboxylic acids is 2. The molecule has 154 valence electrons. The number of hydrogen-bond acceptors (Lipinski definition) is 7. The van der Waals surface area contributed by atoms with Crippen molar-refractivity contribution in [1.29, 1.82) is 0 Å². The molecule has 3 unspecified atom stereocenters. The highest BCUT2D eigenvalue weighted by atomic mass is 16.4. The lowest BCUT2D eigenvalue weighted by atomic mass is 10.0. The van der Waals surface area contributed by atoms with E-state index in [0.717, 1.165) is 0 Å². The Bertz CT molecular complexity index is 566. The van der Waals surface area contributed by atoms with Crippen LogP contribution >= 0.6 is 0 Å². The van der Waals surface area contributed by atoms with Crippen LogP contribution in [-0.2, 0) is 24.0 Å². The maximum atomic E-state index is 12.1. The van der Waals surface area contributed by atoms with Crippen molar-refractivity contribution in [3.8, 4) is 0 Å². The van der Waals surface area contributed by atoms with Gasteiger partial charge < -0.3 is 37.0 Å². The Morgan fingerprint density at radius 2 is 1.56 bits per heavy atom. The molecule has 0 aliphatic heterocycles. The monoisotopic (exact) mass is 390 g/mol. The smallest absolute Gasteiger partial charge is 0.328 e. The molecule has 0 saturated carbocycles. The Kier molecular flexibility index (Phi) is 10.6. The first-order valence-electron chi connectivity index (χ1n) is 8.16. The highest BCUT2D eigenvalue weighted by Gasteiger charge is 2.27. The van der Waals surface area contributed by atoms with Crippen LogP contribution in [0.1, 0.15) is 26.7 Å². The summed E-state index contributed by atoms with van der Waals surface area (Å²) in [5, 5.41) is 32.7. The van der Waals surface area contributed by atoms with Crippen molar-refractivity contribution in [2.24, 2.45) is 11.7 Å². The van der Waals surface area contributed by atoms with Crippen LogP contribution in [0.5, 0.6) is 0 Å². The predicted octanol–water partition coefficient (Wildman–Crippen LogP) is -3.00. The van der Waals surface area contributed by atoms with Crippen molar-refractivity contribution in [2.45, 2.75) is 44.8 Å². The summed E-state index contributed by atoms with van der Waals surface area (Å²) in [5.41, 5.74) is 5.68. The summed E-state index contributed by atoms with van der Waals surface area (Å²) in [7, 11) is 0. The van der Waals surface area contributed by atoms with Crippen molar-refractivity contribution < 1.29 is 39.3 Å². The van der Waals surface area contributed by atoms with E-state index in [0.29, 0.717) is 6.42 Å². The molecule has 3 amide bonds. The maximum Gasteiger partial charge on any atom is 0.328 e. The van der Waals surface area contributed by atoms with E-state index in [-0.39, 0.29) is 5.92 Å². The SMILES string of the molecule is CC(C)CC(N)C(=O)NC(CC(=O)O)C(=O)NCC(=O)NC(CO)C(=O)O. The maximum absolute atomic E-state index is 12.1. The largest absolute Gasteiger partial charge is 0.481 e. The first-order valence-corrected chi connectivity index (χ1v) is 8.16. The van der Waals surface area contributed by atoms with Crippen molar-refractivity contribution in [3.05, 3.63) is 0 Å². The van der Waals surface area contributed by atoms with Gasteiger partial charge in [0, 0.05) is 0 Å². The summed E-state index contributed by atoms with van der Waals surface area (Å²) in [4.78, 5) is 57.3. The van der Waals surface area contributed by atoms with Crippen LogP contribution in [0, 0.1) is 5.92 Å². The fourth-order valence-electron chi connectivity index (χ4n) is 2.00. The molecule has 0 heterocycles. The fourth-order valence-corrected chi connectivity index (χ4v) is 2.00. The molecule has 0 aromatic rings. The van der Waals surface area contributed by atoms with Gasteiger partial charge in [0.2, 0.25) is 17.7 Å². The Balaban J connectivity index is 4.78. The van der Waals surface area contributed by atoms with Gasteiger partial charge in [-0.15, -0.1) is 0 Å². The minimum Gasteiger partial charge on any atom is -0.481 e. The molecular formula is C15H26N4O8. The molecule has 0 spiro atoms. The van der Waals surface area contributed by atoms with Gasteiger partial charge in [0.05, 0.1) is 25.6 Å². The summed E-state index contributed by atoms with van der Waals surface area (Å²) in [6, 6.07) is -3.94. The van der Waals surface area contributed by atoms with Crippen molar-refractivity contribution in [2.75, 3.05) is 13.2 Å². The normalized spacial score (nSPS) is 14.0. The third-order valence-corrected chi connectivity index (χ3v) is 3.31. The van der Waals surface area contributed by atoms with E-state index in [1.54, 1.807) is 0 Å². The Labute approximate surface area is 155 Å². The van der Waals surface area contributed by atoms with Gasteiger partial charge in [0.1, 0.15) is 12.1 Å². The van der Waals surface area contributed by atoms with E-state index < -0.39 is 67.4 Å². The summed E-state index contributed by atoms with van der Waals surface area (Å²) in [6.07, 6.45) is -0.407. The average Bonchev–Trinajstić information content (AvgIpc) is 2.55. The van der Waals surface area contributed by atoms with Crippen LogP contribution in [0.4, 0.5) is 0 Å². The average molecular weight is 390 g/mol. The summed E-state index contributed by atoms with van der Waals surface area (Å²) in [5.74, 6) is -5.29. The molecule has 0 saturated heterocycles. The highest BCUT2D eigenvalue weighted by Crippen LogP contribution is 2.03. The molecule has 0 bridgehead atoms. The zero-order chi connectivity index (χ0) is 21.1. The molecule has 12 nitrogen and oxygen atoms in total. The summed E-state index contributed by atoms with van der Waals surface area (Å²) >= 11 is 0.